The Balaban J connectivity index is 1.33. The SMILES string of the molecule is O=C(CN1CCCC(N2CCCC2)C1)NCCOc1cccc(F)c1. The van der Waals surface area contributed by atoms with E-state index in [-0.39, 0.29) is 11.7 Å². The first kappa shape index (κ1) is 18.1. The van der Waals surface area contributed by atoms with E-state index in [1.54, 1.807) is 12.1 Å². The number of nitrogens with zero attached hydrogens (tertiary/aromatic N) is 2. The van der Waals surface area contributed by atoms with Gasteiger partial charge in [0.1, 0.15) is 18.2 Å². The third-order valence-electron chi connectivity index (χ3n) is 4.99. The van der Waals surface area contributed by atoms with E-state index in [0.717, 1.165) is 19.5 Å². The molecular formula is C19H28FN3O2. The predicted molar refractivity (Wildman–Crippen MR) is 95.2 cm³/mol. The molecule has 2 saturated heterocycles. The van der Waals surface area contributed by atoms with Gasteiger partial charge in [0, 0.05) is 18.7 Å². The summed E-state index contributed by atoms with van der Waals surface area (Å²) in [5, 5.41) is 2.89. The minimum atomic E-state index is -0.320. The summed E-state index contributed by atoms with van der Waals surface area (Å²) in [7, 11) is 0. The van der Waals surface area contributed by atoms with Gasteiger partial charge in [-0.15, -0.1) is 0 Å². The van der Waals surface area contributed by atoms with Crippen molar-refractivity contribution >= 4 is 5.91 Å². The van der Waals surface area contributed by atoms with Crippen LogP contribution in [0.4, 0.5) is 4.39 Å². The second-order valence-electron chi connectivity index (χ2n) is 6.93. The summed E-state index contributed by atoms with van der Waals surface area (Å²) in [5.74, 6) is 0.197. The lowest BCUT2D eigenvalue weighted by Crippen LogP contribution is -2.49. The summed E-state index contributed by atoms with van der Waals surface area (Å²) in [6, 6.07) is 6.64. The summed E-state index contributed by atoms with van der Waals surface area (Å²) in [6.45, 7) is 5.63. The lowest BCUT2D eigenvalue weighted by Gasteiger charge is -2.37. The van der Waals surface area contributed by atoms with Crippen molar-refractivity contribution in [1.29, 1.82) is 0 Å². The molecule has 0 spiro atoms. The van der Waals surface area contributed by atoms with Crippen molar-refractivity contribution in [1.82, 2.24) is 15.1 Å². The number of benzene rings is 1. The standard InChI is InChI=1S/C19H28FN3O2/c20-16-5-3-7-18(13-16)25-12-8-21-19(24)15-22-9-4-6-17(14-22)23-10-1-2-11-23/h3,5,7,13,17H,1-2,4,6,8-12,14-15H2,(H,21,24). The van der Waals surface area contributed by atoms with Crippen LogP contribution in [0.3, 0.4) is 0 Å². The van der Waals surface area contributed by atoms with Crippen molar-refractivity contribution in [2.45, 2.75) is 31.7 Å². The second kappa shape index (κ2) is 9.15. The number of nitrogens with one attached hydrogen (secondary N) is 1. The maximum absolute atomic E-state index is 13.0. The minimum Gasteiger partial charge on any atom is -0.492 e. The van der Waals surface area contributed by atoms with E-state index in [0.29, 0.717) is 31.5 Å². The smallest absolute Gasteiger partial charge is 0.234 e. The van der Waals surface area contributed by atoms with E-state index in [9.17, 15) is 9.18 Å². The molecule has 25 heavy (non-hydrogen) atoms. The molecule has 1 aromatic rings. The zero-order valence-corrected chi connectivity index (χ0v) is 14.8. The Labute approximate surface area is 149 Å². The molecule has 0 radical (unpaired) electrons. The molecule has 2 aliphatic heterocycles. The van der Waals surface area contributed by atoms with Gasteiger partial charge in [0.15, 0.2) is 0 Å². The van der Waals surface area contributed by atoms with E-state index < -0.39 is 0 Å². The highest BCUT2D eigenvalue weighted by Gasteiger charge is 2.27. The molecule has 0 aliphatic carbocycles. The van der Waals surface area contributed by atoms with Crippen LogP contribution >= 0.6 is 0 Å². The normalized spacial score (nSPS) is 22.0. The lowest BCUT2D eigenvalue weighted by molar-refractivity contribution is -0.122. The third-order valence-corrected chi connectivity index (χ3v) is 4.99. The van der Waals surface area contributed by atoms with Crippen LogP contribution in [0, 0.1) is 5.82 Å². The molecule has 0 aromatic heterocycles. The molecule has 0 bridgehead atoms. The molecule has 2 heterocycles. The first-order valence-corrected chi connectivity index (χ1v) is 9.32. The molecule has 1 unspecified atom stereocenters. The Kier molecular flexibility index (Phi) is 6.64. The molecule has 2 fully saturated rings. The van der Waals surface area contributed by atoms with Gasteiger partial charge < -0.3 is 10.1 Å². The van der Waals surface area contributed by atoms with E-state index in [1.165, 1.54) is 44.5 Å². The largest absolute Gasteiger partial charge is 0.492 e. The number of carbonyl (C=O) groups excluding carboxylic acids is 1. The van der Waals surface area contributed by atoms with Gasteiger partial charge in [-0.2, -0.15) is 0 Å². The summed E-state index contributed by atoms with van der Waals surface area (Å²) in [4.78, 5) is 17.0. The van der Waals surface area contributed by atoms with Crippen LogP contribution in [0.15, 0.2) is 24.3 Å². The number of rotatable bonds is 7. The maximum Gasteiger partial charge on any atom is 0.234 e. The van der Waals surface area contributed by atoms with E-state index >= 15 is 0 Å². The number of ether oxygens (including phenoxy) is 1. The molecule has 5 nitrogen and oxygen atoms in total. The molecule has 3 rings (SSSR count). The highest BCUT2D eigenvalue weighted by atomic mass is 19.1. The van der Waals surface area contributed by atoms with Crippen LogP contribution < -0.4 is 10.1 Å². The number of amides is 1. The van der Waals surface area contributed by atoms with Crippen LogP contribution in [-0.4, -0.2) is 67.6 Å². The van der Waals surface area contributed by atoms with Crippen LogP contribution in [0.5, 0.6) is 5.75 Å². The molecule has 1 aromatic carbocycles. The second-order valence-corrected chi connectivity index (χ2v) is 6.93. The molecule has 1 amide bonds. The average molecular weight is 349 g/mol. The topological polar surface area (TPSA) is 44.8 Å². The number of halogens is 1. The quantitative estimate of drug-likeness (QED) is 0.764. The first-order chi connectivity index (χ1) is 12.2. The zero-order valence-electron chi connectivity index (χ0n) is 14.8. The van der Waals surface area contributed by atoms with Crippen molar-refractivity contribution in [2.75, 3.05) is 45.9 Å². The van der Waals surface area contributed by atoms with Gasteiger partial charge in [-0.1, -0.05) is 6.07 Å². The number of hydrogen-bond acceptors (Lipinski definition) is 4. The Bertz CT molecular complexity index is 563. The van der Waals surface area contributed by atoms with Crippen molar-refractivity contribution in [3.05, 3.63) is 30.1 Å². The summed E-state index contributed by atoms with van der Waals surface area (Å²) < 4.78 is 18.5. The van der Waals surface area contributed by atoms with Crippen LogP contribution in [0.1, 0.15) is 25.7 Å². The Morgan fingerprint density at radius 1 is 1.24 bits per heavy atom. The molecular weight excluding hydrogens is 321 g/mol. The van der Waals surface area contributed by atoms with Crippen molar-refractivity contribution < 1.29 is 13.9 Å². The molecule has 138 valence electrons. The fourth-order valence-electron chi connectivity index (χ4n) is 3.75. The molecule has 0 saturated carbocycles. The van der Waals surface area contributed by atoms with Gasteiger partial charge in [0.25, 0.3) is 0 Å². The van der Waals surface area contributed by atoms with Crippen molar-refractivity contribution in [2.24, 2.45) is 0 Å². The Morgan fingerprint density at radius 2 is 2.08 bits per heavy atom. The molecule has 6 heteroatoms. The highest BCUT2D eigenvalue weighted by molar-refractivity contribution is 5.78. The number of likely N-dealkylation sites (tertiary alicyclic amines) is 2. The fourth-order valence-corrected chi connectivity index (χ4v) is 3.75. The van der Waals surface area contributed by atoms with Gasteiger partial charge in [0.05, 0.1) is 13.1 Å². The number of hydrogen-bond donors (Lipinski definition) is 1. The fraction of sp³-hybridized carbons (Fsp3) is 0.632. The Hall–Kier alpha value is -1.66. The monoisotopic (exact) mass is 349 g/mol. The van der Waals surface area contributed by atoms with Gasteiger partial charge in [-0.05, 0) is 57.5 Å². The van der Waals surface area contributed by atoms with E-state index in [4.69, 9.17) is 4.74 Å². The maximum atomic E-state index is 13.0. The van der Waals surface area contributed by atoms with Gasteiger partial charge in [-0.3, -0.25) is 14.6 Å². The average Bonchev–Trinajstić information content (AvgIpc) is 3.14. The van der Waals surface area contributed by atoms with E-state index in [1.807, 2.05) is 0 Å². The van der Waals surface area contributed by atoms with Gasteiger partial charge in [-0.25, -0.2) is 4.39 Å². The summed E-state index contributed by atoms with van der Waals surface area (Å²) in [5.41, 5.74) is 0. The Morgan fingerprint density at radius 3 is 2.88 bits per heavy atom. The number of carbonyl (C=O) groups is 1. The zero-order chi connectivity index (χ0) is 17.5. The molecule has 1 atom stereocenters. The highest BCUT2D eigenvalue weighted by Crippen LogP contribution is 2.20. The molecule has 2 aliphatic rings. The van der Waals surface area contributed by atoms with Gasteiger partial charge in [0.2, 0.25) is 5.91 Å². The van der Waals surface area contributed by atoms with Crippen molar-refractivity contribution in [3.8, 4) is 5.75 Å². The van der Waals surface area contributed by atoms with Crippen molar-refractivity contribution in [3.63, 3.8) is 0 Å². The minimum absolute atomic E-state index is 0.0323. The van der Waals surface area contributed by atoms with Gasteiger partial charge >= 0.3 is 0 Å². The van der Waals surface area contributed by atoms with E-state index in [2.05, 4.69) is 15.1 Å². The first-order valence-electron chi connectivity index (χ1n) is 9.32. The summed E-state index contributed by atoms with van der Waals surface area (Å²) in [6.07, 6.45) is 5.03. The van der Waals surface area contributed by atoms with Crippen LogP contribution in [0.25, 0.3) is 0 Å². The van der Waals surface area contributed by atoms with Crippen LogP contribution in [-0.2, 0) is 4.79 Å². The number of piperidine rings is 1. The molecule has 1 N–H and O–H groups in total. The third kappa shape index (κ3) is 5.68. The lowest BCUT2D eigenvalue weighted by atomic mass is 10.0. The predicted octanol–water partition coefficient (Wildman–Crippen LogP) is 1.88. The van der Waals surface area contributed by atoms with Crippen LogP contribution in [0.2, 0.25) is 0 Å². The summed E-state index contributed by atoms with van der Waals surface area (Å²) >= 11 is 0.